The predicted octanol–water partition coefficient (Wildman–Crippen LogP) is -1.06. The maximum absolute atomic E-state index is 10.6. The normalized spacial score (nSPS) is 26.9. The molecule has 1 aromatic heterocycles. The summed E-state index contributed by atoms with van der Waals surface area (Å²) in [4.78, 5) is 24.8. The van der Waals surface area contributed by atoms with Gasteiger partial charge in [-0.15, -0.1) is 0 Å². The molecule has 112 valence electrons. The number of anilines is 2. The molecule has 0 bridgehead atoms. The molecule has 1 aliphatic heterocycles. The highest BCUT2D eigenvalue weighted by Crippen LogP contribution is 2.39. The highest BCUT2D eigenvalue weighted by molar-refractivity contribution is 7.46. The molecular weight excluding hydrogens is 291 g/mol. The predicted molar refractivity (Wildman–Crippen MR) is 67.1 cm³/mol. The second kappa shape index (κ2) is 5.60. The van der Waals surface area contributed by atoms with E-state index in [1.165, 1.54) is 6.20 Å². The van der Waals surface area contributed by atoms with E-state index in [2.05, 4.69) is 14.5 Å². The lowest BCUT2D eigenvalue weighted by Crippen LogP contribution is -2.25. The van der Waals surface area contributed by atoms with Crippen molar-refractivity contribution < 1.29 is 28.7 Å². The van der Waals surface area contributed by atoms with Crippen LogP contribution in [0.2, 0.25) is 0 Å². The summed E-state index contributed by atoms with van der Waals surface area (Å²) in [5, 5.41) is 9.80. The van der Waals surface area contributed by atoms with E-state index >= 15 is 0 Å². The van der Waals surface area contributed by atoms with Crippen LogP contribution < -0.4 is 11.5 Å². The third-order valence-corrected chi connectivity index (χ3v) is 3.33. The highest BCUT2D eigenvalue weighted by Gasteiger charge is 2.37. The van der Waals surface area contributed by atoms with Gasteiger partial charge in [-0.1, -0.05) is 0 Å². The Hall–Kier alpha value is -1.29. The van der Waals surface area contributed by atoms with Crippen molar-refractivity contribution in [3.05, 3.63) is 11.8 Å². The molecule has 0 amide bonds. The molecule has 2 heterocycles. The summed E-state index contributed by atoms with van der Waals surface area (Å²) in [6.07, 6.45) is -0.822. The van der Waals surface area contributed by atoms with E-state index < -0.39 is 32.7 Å². The van der Waals surface area contributed by atoms with Crippen molar-refractivity contribution in [1.29, 1.82) is 0 Å². The minimum Gasteiger partial charge on any atom is -0.390 e. The van der Waals surface area contributed by atoms with Gasteiger partial charge in [0.25, 0.3) is 0 Å². The van der Waals surface area contributed by atoms with E-state index in [1.807, 2.05) is 0 Å². The van der Waals surface area contributed by atoms with Gasteiger partial charge < -0.3 is 31.1 Å². The van der Waals surface area contributed by atoms with Crippen LogP contribution in [-0.4, -0.2) is 43.7 Å². The Bertz CT molecular complexity index is 537. The fraction of sp³-hybridized carbons (Fsp3) is 0.556. The fourth-order valence-electron chi connectivity index (χ4n) is 1.92. The Kier molecular flexibility index (Phi) is 4.23. The molecule has 1 saturated heterocycles. The number of hydrogen-bond donors (Lipinski definition) is 5. The molecular formula is C9H15N4O6P. The second-order valence-corrected chi connectivity index (χ2v) is 5.56. The summed E-state index contributed by atoms with van der Waals surface area (Å²) in [6, 6.07) is 0. The van der Waals surface area contributed by atoms with Gasteiger partial charge in [-0.25, -0.2) is 9.55 Å². The van der Waals surface area contributed by atoms with E-state index in [0.717, 1.165) is 0 Å². The van der Waals surface area contributed by atoms with Crippen LogP contribution in [0.15, 0.2) is 6.20 Å². The second-order valence-electron chi connectivity index (χ2n) is 4.32. The minimum absolute atomic E-state index is 0.0196. The molecule has 0 spiro atoms. The quantitative estimate of drug-likeness (QED) is 0.431. The number of rotatable bonds is 4. The average molecular weight is 306 g/mol. The van der Waals surface area contributed by atoms with Crippen molar-refractivity contribution in [2.24, 2.45) is 0 Å². The van der Waals surface area contributed by atoms with Crippen molar-refractivity contribution in [1.82, 2.24) is 9.97 Å². The summed E-state index contributed by atoms with van der Waals surface area (Å²) < 4.78 is 20.4. The van der Waals surface area contributed by atoms with Crippen LogP contribution in [0.1, 0.15) is 18.1 Å². The van der Waals surface area contributed by atoms with Crippen molar-refractivity contribution in [2.75, 3.05) is 18.1 Å². The number of aliphatic hydroxyl groups excluding tert-OH is 1. The monoisotopic (exact) mass is 306 g/mol. The third kappa shape index (κ3) is 3.63. The number of phosphoric ester groups is 1. The number of nitrogens with zero attached hydrogens (tertiary/aromatic N) is 2. The van der Waals surface area contributed by atoms with Crippen LogP contribution >= 0.6 is 7.82 Å². The van der Waals surface area contributed by atoms with Gasteiger partial charge in [-0.3, -0.25) is 4.52 Å². The Morgan fingerprint density at radius 2 is 2.20 bits per heavy atom. The zero-order valence-electron chi connectivity index (χ0n) is 10.3. The number of nitrogen functional groups attached to an aromatic ring is 2. The molecule has 1 aliphatic rings. The molecule has 0 radical (unpaired) electrons. The standard InChI is InChI=1S/C9H15N4O6P/c10-8-4(2-12-9(11)13-8)6-1-5(14)7(19-6)3-18-20(15,16)17/h2,5-7,14H,1,3H2,(H2,15,16,17)(H4,10,11,12,13)/t5-,6+,7+/m0/s1. The first-order valence-corrected chi connectivity index (χ1v) is 7.21. The zero-order valence-corrected chi connectivity index (χ0v) is 11.2. The highest BCUT2D eigenvalue weighted by atomic mass is 31.2. The topological polar surface area (TPSA) is 174 Å². The summed E-state index contributed by atoms with van der Waals surface area (Å²) in [5.41, 5.74) is 11.5. The number of ether oxygens (including phenoxy) is 1. The van der Waals surface area contributed by atoms with Gasteiger partial charge in [0.1, 0.15) is 11.9 Å². The Labute approximate surface area is 114 Å². The molecule has 1 aromatic rings. The van der Waals surface area contributed by atoms with E-state index in [9.17, 15) is 9.67 Å². The van der Waals surface area contributed by atoms with Crippen LogP contribution in [0.3, 0.4) is 0 Å². The van der Waals surface area contributed by atoms with Crippen LogP contribution in [0.25, 0.3) is 0 Å². The minimum atomic E-state index is -4.61. The average Bonchev–Trinajstić information content (AvgIpc) is 2.67. The summed E-state index contributed by atoms with van der Waals surface area (Å²) in [7, 11) is -4.61. The number of phosphoric acid groups is 1. The third-order valence-electron chi connectivity index (χ3n) is 2.84. The van der Waals surface area contributed by atoms with Gasteiger partial charge in [0.05, 0.1) is 18.8 Å². The molecule has 0 aromatic carbocycles. The van der Waals surface area contributed by atoms with Gasteiger partial charge in [0.2, 0.25) is 5.95 Å². The van der Waals surface area contributed by atoms with Crippen molar-refractivity contribution in [3.63, 3.8) is 0 Å². The molecule has 2 rings (SSSR count). The zero-order chi connectivity index (χ0) is 14.9. The number of aliphatic hydroxyl groups is 1. The summed E-state index contributed by atoms with van der Waals surface area (Å²) in [5.74, 6) is 0.150. The van der Waals surface area contributed by atoms with Crippen LogP contribution in [0, 0.1) is 0 Å². The molecule has 10 nitrogen and oxygen atoms in total. The Morgan fingerprint density at radius 3 is 2.80 bits per heavy atom. The number of nitrogens with two attached hydrogens (primary N) is 2. The lowest BCUT2D eigenvalue weighted by molar-refractivity contribution is -0.0221. The molecule has 7 N–H and O–H groups in total. The first-order chi connectivity index (χ1) is 9.26. The maximum atomic E-state index is 10.6. The van der Waals surface area contributed by atoms with E-state index in [0.29, 0.717) is 5.56 Å². The molecule has 1 fully saturated rings. The summed E-state index contributed by atoms with van der Waals surface area (Å²) in [6.45, 7) is -0.433. The van der Waals surface area contributed by atoms with E-state index in [-0.39, 0.29) is 18.2 Å². The first-order valence-electron chi connectivity index (χ1n) is 5.68. The number of hydrogen-bond acceptors (Lipinski definition) is 8. The van der Waals surface area contributed by atoms with Crippen LogP contribution in [-0.2, 0) is 13.8 Å². The van der Waals surface area contributed by atoms with Crippen LogP contribution in [0.4, 0.5) is 11.8 Å². The molecule has 3 atom stereocenters. The molecule has 0 aliphatic carbocycles. The lowest BCUT2D eigenvalue weighted by atomic mass is 10.1. The fourth-order valence-corrected chi connectivity index (χ4v) is 2.26. The van der Waals surface area contributed by atoms with Gasteiger partial charge in [0.15, 0.2) is 0 Å². The molecule has 11 heteroatoms. The van der Waals surface area contributed by atoms with Gasteiger partial charge in [0, 0.05) is 18.2 Å². The van der Waals surface area contributed by atoms with Crippen molar-refractivity contribution in [3.8, 4) is 0 Å². The van der Waals surface area contributed by atoms with Crippen LogP contribution in [0.5, 0.6) is 0 Å². The van der Waals surface area contributed by atoms with E-state index in [1.54, 1.807) is 0 Å². The molecule has 0 saturated carbocycles. The first kappa shape index (κ1) is 15.1. The van der Waals surface area contributed by atoms with Gasteiger partial charge >= 0.3 is 7.82 Å². The van der Waals surface area contributed by atoms with E-state index in [4.69, 9.17) is 26.0 Å². The molecule has 20 heavy (non-hydrogen) atoms. The lowest BCUT2D eigenvalue weighted by Gasteiger charge is -2.16. The Morgan fingerprint density at radius 1 is 1.50 bits per heavy atom. The molecule has 0 unspecified atom stereocenters. The SMILES string of the molecule is Nc1ncc([C@H]2C[C@H](O)[C@@H](COP(=O)(O)O)O2)c(N)n1. The number of aromatic nitrogens is 2. The largest absolute Gasteiger partial charge is 0.469 e. The van der Waals surface area contributed by atoms with Gasteiger partial charge in [-0.2, -0.15) is 4.98 Å². The smallest absolute Gasteiger partial charge is 0.390 e. The van der Waals surface area contributed by atoms with Gasteiger partial charge in [-0.05, 0) is 0 Å². The van der Waals surface area contributed by atoms with Crippen molar-refractivity contribution in [2.45, 2.75) is 24.7 Å². The summed E-state index contributed by atoms with van der Waals surface area (Å²) >= 11 is 0. The Balaban J connectivity index is 2.04. The maximum Gasteiger partial charge on any atom is 0.469 e. The van der Waals surface area contributed by atoms with Crippen molar-refractivity contribution >= 4 is 19.6 Å².